The third kappa shape index (κ3) is 6.92. The second kappa shape index (κ2) is 11.6. The first kappa shape index (κ1) is 26.1. The fourth-order valence-corrected chi connectivity index (χ4v) is 3.41. The summed E-state index contributed by atoms with van der Waals surface area (Å²) in [5.41, 5.74) is 7.18. The van der Waals surface area contributed by atoms with Gasteiger partial charge >= 0.3 is 0 Å². The van der Waals surface area contributed by atoms with Gasteiger partial charge in [0.05, 0.1) is 11.3 Å². The first-order valence-corrected chi connectivity index (χ1v) is 10.3. The van der Waals surface area contributed by atoms with E-state index in [0.717, 1.165) is 44.4 Å². The van der Waals surface area contributed by atoms with E-state index in [0.29, 0.717) is 0 Å². The number of ketones is 1. The number of aliphatic hydroxyl groups excluding tert-OH is 1. The molecule has 1 N–H and O–H groups in total. The van der Waals surface area contributed by atoms with Crippen molar-refractivity contribution in [1.82, 2.24) is 4.98 Å². The average molecular weight is 619 g/mol. The van der Waals surface area contributed by atoms with E-state index < -0.39 is 0 Å². The molecule has 0 saturated carbocycles. The molecule has 1 aromatic heterocycles. The Balaban J connectivity index is 0.000000423. The molecule has 0 aliphatic heterocycles. The maximum atomic E-state index is 13.2. The Morgan fingerprint density at radius 1 is 0.970 bits per heavy atom. The van der Waals surface area contributed by atoms with Gasteiger partial charge in [-0.05, 0) is 48.9 Å². The number of hydrogen-bond donors (Lipinski definition) is 1. The minimum absolute atomic E-state index is 0. The Labute approximate surface area is 207 Å². The van der Waals surface area contributed by atoms with Crippen molar-refractivity contribution in [1.29, 1.82) is 0 Å². The Kier molecular flexibility index (Phi) is 9.21. The Morgan fingerprint density at radius 3 is 2.27 bits per heavy atom. The summed E-state index contributed by atoms with van der Waals surface area (Å²) in [4.78, 5) is 14.9. The van der Waals surface area contributed by atoms with Gasteiger partial charge in [0.25, 0.3) is 0 Å². The number of benzene rings is 3. The Hall–Kier alpha value is -3.14. The number of allylic oxidation sites excluding steroid dienone is 2. The number of hydrogen-bond acceptors (Lipinski definition) is 3. The molecule has 5 heteroatoms. The van der Waals surface area contributed by atoms with Crippen LogP contribution in [0, 0.1) is 25.7 Å². The summed E-state index contributed by atoms with van der Waals surface area (Å²) in [6.45, 7) is 6.96. The van der Waals surface area contributed by atoms with Crippen LogP contribution in [0.15, 0.2) is 78.6 Å². The summed E-state index contributed by atoms with van der Waals surface area (Å²) in [6, 6.07) is 24.3. The van der Waals surface area contributed by atoms with Crippen LogP contribution in [0.3, 0.4) is 0 Å². The molecule has 0 bridgehead atoms. The third-order valence-corrected chi connectivity index (χ3v) is 4.86. The van der Waals surface area contributed by atoms with E-state index in [1.807, 2.05) is 31.2 Å². The van der Waals surface area contributed by atoms with Gasteiger partial charge < -0.3 is 5.11 Å². The molecule has 0 aliphatic rings. The van der Waals surface area contributed by atoms with Gasteiger partial charge in [0.1, 0.15) is 5.82 Å². The zero-order valence-corrected chi connectivity index (χ0v) is 21.3. The van der Waals surface area contributed by atoms with E-state index in [2.05, 4.69) is 31.2 Å². The van der Waals surface area contributed by atoms with Crippen molar-refractivity contribution >= 4 is 16.7 Å². The maximum absolute atomic E-state index is 13.2. The summed E-state index contributed by atoms with van der Waals surface area (Å²) in [5, 5.41) is 9.42. The molecule has 3 aromatic carbocycles. The third-order valence-electron chi connectivity index (χ3n) is 4.86. The average Bonchev–Trinajstić information content (AvgIpc) is 2.75. The van der Waals surface area contributed by atoms with Gasteiger partial charge in [0, 0.05) is 31.6 Å². The van der Waals surface area contributed by atoms with Gasteiger partial charge in [-0.25, -0.2) is 4.39 Å². The number of carbonyl (C=O) groups excluding carboxylic acids is 1. The van der Waals surface area contributed by atoms with Crippen LogP contribution in [0.4, 0.5) is 4.39 Å². The summed E-state index contributed by atoms with van der Waals surface area (Å²) in [7, 11) is 0. The number of aryl methyl sites for hydroxylation is 2. The Morgan fingerprint density at radius 2 is 1.67 bits per heavy atom. The zero-order chi connectivity index (χ0) is 23.3. The molecule has 0 spiro atoms. The predicted molar refractivity (Wildman–Crippen MR) is 128 cm³/mol. The molecule has 0 fully saturated rings. The standard InChI is InChI=1S/C23H17FN.C5H8O2.Ir/c1-15-6-7-16(2)21(14-15)23-13-12-20-19(4-3-5-22(20)25-23)17-8-10-18(24)11-9-17;1-4(6)3-5(2)7;/h3-13H,1-2H3;3,6H,1-2H3;/q-1;;/b;4-3-;. The summed E-state index contributed by atoms with van der Waals surface area (Å²) >= 11 is 0. The van der Waals surface area contributed by atoms with Gasteiger partial charge in [-0.2, -0.15) is 0 Å². The molecular formula is C28H25FIrNO2-. The van der Waals surface area contributed by atoms with E-state index in [-0.39, 0.29) is 37.5 Å². The van der Waals surface area contributed by atoms with Crippen LogP contribution in [0.1, 0.15) is 25.0 Å². The Bertz CT molecular complexity index is 1290. The van der Waals surface area contributed by atoms with Crippen molar-refractivity contribution in [2.45, 2.75) is 27.7 Å². The topological polar surface area (TPSA) is 50.2 Å². The van der Waals surface area contributed by atoms with E-state index in [1.54, 1.807) is 12.1 Å². The van der Waals surface area contributed by atoms with Crippen LogP contribution in [0.2, 0.25) is 0 Å². The van der Waals surface area contributed by atoms with E-state index >= 15 is 0 Å². The smallest absolute Gasteiger partial charge is 0.155 e. The largest absolute Gasteiger partial charge is 0.512 e. The van der Waals surface area contributed by atoms with E-state index in [9.17, 15) is 9.18 Å². The molecule has 171 valence electrons. The van der Waals surface area contributed by atoms with E-state index in [4.69, 9.17) is 10.1 Å². The van der Waals surface area contributed by atoms with Crippen LogP contribution < -0.4 is 0 Å². The first-order chi connectivity index (χ1) is 15.2. The number of rotatable bonds is 3. The quantitative estimate of drug-likeness (QED) is 0.151. The van der Waals surface area contributed by atoms with Crippen LogP contribution in [0.5, 0.6) is 0 Å². The monoisotopic (exact) mass is 619 g/mol. The molecule has 1 radical (unpaired) electrons. The molecule has 1 heterocycles. The van der Waals surface area contributed by atoms with Crippen molar-refractivity contribution in [3.63, 3.8) is 0 Å². The zero-order valence-electron chi connectivity index (χ0n) is 18.9. The minimum atomic E-state index is -0.227. The second-order valence-electron chi connectivity index (χ2n) is 7.67. The molecule has 4 rings (SSSR count). The predicted octanol–water partition coefficient (Wildman–Crippen LogP) is 7.16. The van der Waals surface area contributed by atoms with Gasteiger partial charge in [-0.3, -0.25) is 9.78 Å². The SMILES string of the molecule is CC(=O)/C=C(/C)O.Cc1[c-]c(-c2ccc3c(-c4ccc(F)cc4)cccc3n2)c(C)cc1.[Ir]. The van der Waals surface area contributed by atoms with Gasteiger partial charge in [0.15, 0.2) is 5.78 Å². The number of nitrogens with zero attached hydrogens (tertiary/aromatic N) is 1. The van der Waals surface area contributed by atoms with Gasteiger partial charge in [-0.15, -0.1) is 34.9 Å². The van der Waals surface area contributed by atoms with Crippen molar-refractivity contribution in [2.75, 3.05) is 0 Å². The molecule has 33 heavy (non-hydrogen) atoms. The van der Waals surface area contributed by atoms with E-state index in [1.165, 1.54) is 32.1 Å². The van der Waals surface area contributed by atoms with Crippen molar-refractivity contribution in [2.24, 2.45) is 0 Å². The number of aliphatic hydroxyl groups is 1. The van der Waals surface area contributed by atoms with Crippen LogP contribution in [-0.4, -0.2) is 15.9 Å². The van der Waals surface area contributed by atoms with Crippen LogP contribution in [-0.2, 0) is 24.9 Å². The van der Waals surface area contributed by atoms with Crippen molar-refractivity contribution in [3.8, 4) is 22.4 Å². The number of fused-ring (bicyclic) bond motifs is 1. The molecule has 4 aromatic rings. The summed E-state index contributed by atoms with van der Waals surface area (Å²) in [6.07, 6.45) is 1.17. The fraction of sp³-hybridized carbons (Fsp3) is 0.143. The van der Waals surface area contributed by atoms with Crippen molar-refractivity contribution in [3.05, 3.63) is 102 Å². The fourth-order valence-electron chi connectivity index (χ4n) is 3.41. The minimum Gasteiger partial charge on any atom is -0.512 e. The van der Waals surface area contributed by atoms with Gasteiger partial charge in [0.2, 0.25) is 0 Å². The summed E-state index contributed by atoms with van der Waals surface area (Å²) in [5.74, 6) is -0.289. The maximum Gasteiger partial charge on any atom is 0.155 e. The van der Waals surface area contributed by atoms with Crippen LogP contribution in [0.25, 0.3) is 33.3 Å². The summed E-state index contributed by atoms with van der Waals surface area (Å²) < 4.78 is 13.2. The molecule has 0 aliphatic carbocycles. The van der Waals surface area contributed by atoms with Crippen LogP contribution >= 0.6 is 0 Å². The normalized spacial score (nSPS) is 10.8. The number of aromatic nitrogens is 1. The molecule has 0 saturated heterocycles. The number of carbonyl (C=O) groups is 1. The number of halogens is 1. The van der Waals surface area contributed by atoms with Gasteiger partial charge in [-0.1, -0.05) is 50.2 Å². The molecule has 0 amide bonds. The molecular weight excluding hydrogens is 594 g/mol. The second-order valence-corrected chi connectivity index (χ2v) is 7.67. The molecule has 0 atom stereocenters. The number of pyridine rings is 1. The molecule has 3 nitrogen and oxygen atoms in total. The first-order valence-electron chi connectivity index (χ1n) is 10.3. The molecule has 0 unspecified atom stereocenters. The van der Waals surface area contributed by atoms with Crippen molar-refractivity contribution < 1.29 is 34.4 Å².